The number of carbonyl (C=O) groups excluding carboxylic acids is 1. The summed E-state index contributed by atoms with van der Waals surface area (Å²) in [4.78, 5) is 15.0. The molecule has 5 rings (SSSR count). The van der Waals surface area contributed by atoms with Crippen molar-refractivity contribution in [1.29, 1.82) is 0 Å². The molecule has 0 saturated carbocycles. The zero-order chi connectivity index (χ0) is 21.4. The van der Waals surface area contributed by atoms with Crippen LogP contribution < -0.4 is 18.9 Å². The monoisotopic (exact) mass is 421 g/mol. The summed E-state index contributed by atoms with van der Waals surface area (Å²) in [6, 6.07) is 10.0. The van der Waals surface area contributed by atoms with Crippen LogP contribution in [0.25, 0.3) is 6.08 Å². The van der Waals surface area contributed by atoms with Gasteiger partial charge >= 0.3 is 0 Å². The molecule has 162 valence electrons. The molecule has 0 aromatic heterocycles. The van der Waals surface area contributed by atoms with E-state index < -0.39 is 0 Å². The largest absolute Gasteiger partial charge is 0.496 e. The van der Waals surface area contributed by atoms with Crippen LogP contribution in [-0.2, 0) is 11.2 Å². The van der Waals surface area contributed by atoms with E-state index in [-0.39, 0.29) is 18.1 Å². The molecule has 0 spiro atoms. The number of nitrogens with zero attached hydrogens (tertiary/aromatic N) is 1. The van der Waals surface area contributed by atoms with E-state index in [0.717, 1.165) is 65.5 Å². The predicted octanol–water partition coefficient (Wildman–Crippen LogP) is 4.17. The van der Waals surface area contributed by atoms with Crippen LogP contribution in [0.15, 0.2) is 36.4 Å². The molecule has 6 heteroatoms. The molecule has 1 amide bonds. The number of benzene rings is 2. The van der Waals surface area contributed by atoms with Crippen molar-refractivity contribution >= 4 is 12.0 Å². The lowest BCUT2D eigenvalue weighted by molar-refractivity contribution is -0.126. The number of ether oxygens (including phenoxy) is 4. The summed E-state index contributed by atoms with van der Waals surface area (Å²) < 4.78 is 22.8. The summed E-state index contributed by atoms with van der Waals surface area (Å²) in [5.41, 5.74) is 3.07. The molecule has 6 nitrogen and oxygen atoms in total. The van der Waals surface area contributed by atoms with E-state index in [1.54, 1.807) is 13.2 Å². The Bertz CT molecular complexity index is 1030. The Labute approximate surface area is 182 Å². The van der Waals surface area contributed by atoms with Crippen LogP contribution in [0.3, 0.4) is 0 Å². The third-order valence-corrected chi connectivity index (χ3v) is 6.14. The molecule has 0 unspecified atom stereocenters. The van der Waals surface area contributed by atoms with E-state index >= 15 is 0 Å². The molecule has 0 N–H and O–H groups in total. The highest BCUT2D eigenvalue weighted by Crippen LogP contribution is 2.39. The van der Waals surface area contributed by atoms with Gasteiger partial charge in [-0.25, -0.2) is 0 Å². The number of likely N-dealkylation sites (tertiary alicyclic amines) is 1. The first-order chi connectivity index (χ1) is 15.1. The van der Waals surface area contributed by atoms with Gasteiger partial charge in [0.05, 0.1) is 13.2 Å². The van der Waals surface area contributed by atoms with Crippen LogP contribution in [0, 0.1) is 0 Å². The molecule has 3 aliphatic heterocycles. The lowest BCUT2D eigenvalue weighted by Crippen LogP contribution is -2.29. The number of hydrogen-bond donors (Lipinski definition) is 0. The van der Waals surface area contributed by atoms with E-state index in [1.807, 2.05) is 41.3 Å². The molecular formula is C25H27NO5. The van der Waals surface area contributed by atoms with Crippen molar-refractivity contribution in [2.75, 3.05) is 26.9 Å². The molecule has 1 saturated heterocycles. The van der Waals surface area contributed by atoms with E-state index in [4.69, 9.17) is 18.9 Å². The number of rotatable bonds is 4. The molecule has 1 fully saturated rings. The van der Waals surface area contributed by atoms with Gasteiger partial charge in [-0.15, -0.1) is 0 Å². The molecule has 2 aromatic carbocycles. The average molecular weight is 421 g/mol. The molecular weight excluding hydrogens is 394 g/mol. The Morgan fingerprint density at radius 1 is 1.13 bits per heavy atom. The molecule has 31 heavy (non-hydrogen) atoms. The third-order valence-electron chi connectivity index (χ3n) is 6.14. The first-order valence-electron chi connectivity index (χ1n) is 10.9. The highest BCUT2D eigenvalue weighted by atomic mass is 16.6. The van der Waals surface area contributed by atoms with Crippen molar-refractivity contribution < 1.29 is 23.7 Å². The van der Waals surface area contributed by atoms with Crippen molar-refractivity contribution in [1.82, 2.24) is 4.90 Å². The summed E-state index contributed by atoms with van der Waals surface area (Å²) in [6.45, 7) is 3.92. The summed E-state index contributed by atoms with van der Waals surface area (Å²) in [5, 5.41) is 0. The highest BCUT2D eigenvalue weighted by molar-refractivity contribution is 5.92. The van der Waals surface area contributed by atoms with Gasteiger partial charge in [0.25, 0.3) is 0 Å². The van der Waals surface area contributed by atoms with Gasteiger partial charge < -0.3 is 23.8 Å². The van der Waals surface area contributed by atoms with Gasteiger partial charge in [0, 0.05) is 30.2 Å². The normalized spacial score (nSPS) is 21.8. The van der Waals surface area contributed by atoms with Crippen molar-refractivity contribution in [3.63, 3.8) is 0 Å². The van der Waals surface area contributed by atoms with Crippen LogP contribution in [0.1, 0.15) is 42.5 Å². The number of fused-ring (bicyclic) bond motifs is 2. The van der Waals surface area contributed by atoms with Crippen LogP contribution in [-0.4, -0.2) is 43.8 Å². The van der Waals surface area contributed by atoms with Crippen LogP contribution >= 0.6 is 0 Å². The molecule has 0 aliphatic carbocycles. The minimum absolute atomic E-state index is 0.00535. The van der Waals surface area contributed by atoms with Crippen molar-refractivity contribution in [2.24, 2.45) is 0 Å². The highest BCUT2D eigenvalue weighted by Gasteiger charge is 2.30. The Kier molecular flexibility index (Phi) is 5.22. The first-order valence-corrected chi connectivity index (χ1v) is 10.9. The Balaban J connectivity index is 1.35. The third kappa shape index (κ3) is 3.82. The van der Waals surface area contributed by atoms with Gasteiger partial charge in [0.1, 0.15) is 30.8 Å². The lowest BCUT2D eigenvalue weighted by atomic mass is 10.0. The molecule has 3 aliphatic rings. The van der Waals surface area contributed by atoms with Crippen LogP contribution in [0.2, 0.25) is 0 Å². The second kappa shape index (κ2) is 8.17. The Morgan fingerprint density at radius 3 is 2.81 bits per heavy atom. The fraction of sp³-hybridized carbons (Fsp3) is 0.400. The summed E-state index contributed by atoms with van der Waals surface area (Å²) in [6.07, 6.45) is 6.42. The van der Waals surface area contributed by atoms with Crippen molar-refractivity contribution in [3.05, 3.63) is 53.1 Å². The van der Waals surface area contributed by atoms with Gasteiger partial charge in [-0.3, -0.25) is 4.79 Å². The van der Waals surface area contributed by atoms with E-state index in [1.165, 1.54) is 0 Å². The maximum absolute atomic E-state index is 13.1. The topological polar surface area (TPSA) is 57.2 Å². The first kappa shape index (κ1) is 19.8. The quantitative estimate of drug-likeness (QED) is 0.694. The number of amides is 1. The number of methoxy groups -OCH3 is 1. The fourth-order valence-corrected chi connectivity index (χ4v) is 4.66. The van der Waals surface area contributed by atoms with E-state index in [9.17, 15) is 4.79 Å². The van der Waals surface area contributed by atoms with Crippen LogP contribution in [0.5, 0.6) is 23.0 Å². The van der Waals surface area contributed by atoms with Gasteiger partial charge in [0.2, 0.25) is 5.91 Å². The van der Waals surface area contributed by atoms with Crippen molar-refractivity contribution in [3.8, 4) is 23.0 Å². The second-order valence-electron chi connectivity index (χ2n) is 8.26. The zero-order valence-corrected chi connectivity index (χ0v) is 17.9. The Hall–Kier alpha value is -3.15. The molecule has 2 aromatic rings. The number of carbonyl (C=O) groups is 1. The lowest BCUT2D eigenvalue weighted by Gasteiger charge is -2.26. The molecule has 0 bridgehead atoms. The maximum Gasteiger partial charge on any atom is 0.247 e. The number of hydrogen-bond acceptors (Lipinski definition) is 5. The van der Waals surface area contributed by atoms with E-state index in [2.05, 4.69) is 6.92 Å². The SMILES string of the molecule is COc1cc2c(cc1/C=C/C(=O)N1CCC[C@@H]1c1ccc3c(c1)OCCO3)O[C@H](C)C2. The van der Waals surface area contributed by atoms with E-state index in [0.29, 0.717) is 13.2 Å². The van der Waals surface area contributed by atoms with Gasteiger partial charge in [-0.05, 0) is 55.7 Å². The minimum atomic E-state index is -0.00535. The Morgan fingerprint density at radius 2 is 1.97 bits per heavy atom. The second-order valence-corrected chi connectivity index (χ2v) is 8.26. The van der Waals surface area contributed by atoms with Crippen LogP contribution in [0.4, 0.5) is 0 Å². The van der Waals surface area contributed by atoms with Gasteiger partial charge in [-0.1, -0.05) is 6.07 Å². The maximum atomic E-state index is 13.1. The zero-order valence-electron chi connectivity index (χ0n) is 17.9. The van der Waals surface area contributed by atoms with Crippen molar-refractivity contribution in [2.45, 2.75) is 38.3 Å². The average Bonchev–Trinajstić information content (AvgIpc) is 3.42. The standard InChI is InChI=1S/C25H27NO5/c1-16-12-19-15-22(28-2)18(14-23(19)31-16)6-8-25(27)26-9-3-4-20(26)17-5-7-21-24(13-17)30-11-10-29-21/h5-8,13-16,20H,3-4,9-12H2,1-2H3/b8-6+/t16-,20-/m1/s1. The molecule has 2 atom stereocenters. The summed E-state index contributed by atoms with van der Waals surface area (Å²) in [5.74, 6) is 3.15. The van der Waals surface area contributed by atoms with Gasteiger partial charge in [0.15, 0.2) is 11.5 Å². The smallest absolute Gasteiger partial charge is 0.247 e. The molecule has 0 radical (unpaired) electrons. The summed E-state index contributed by atoms with van der Waals surface area (Å²) >= 11 is 0. The summed E-state index contributed by atoms with van der Waals surface area (Å²) in [7, 11) is 1.65. The molecule has 3 heterocycles. The van der Waals surface area contributed by atoms with Gasteiger partial charge in [-0.2, -0.15) is 0 Å². The predicted molar refractivity (Wildman–Crippen MR) is 117 cm³/mol. The fourth-order valence-electron chi connectivity index (χ4n) is 4.66. The minimum Gasteiger partial charge on any atom is -0.496 e.